The number of hydrogen-bond donors (Lipinski definition) is 3. The van der Waals surface area contributed by atoms with Gasteiger partial charge in [0.25, 0.3) is 0 Å². The molecule has 2 aromatic carbocycles. The van der Waals surface area contributed by atoms with Gasteiger partial charge in [0.15, 0.2) is 0 Å². The van der Waals surface area contributed by atoms with Crippen LogP contribution in [-0.2, 0) is 9.53 Å². The van der Waals surface area contributed by atoms with Crippen LogP contribution in [0.15, 0.2) is 42.6 Å². The molecule has 0 radical (unpaired) electrons. The van der Waals surface area contributed by atoms with E-state index in [9.17, 15) is 4.79 Å². The molecule has 1 amide bonds. The number of nitrogens with one attached hydrogen (secondary N) is 2. The van der Waals surface area contributed by atoms with Crippen LogP contribution in [0.4, 0.5) is 11.6 Å². The number of nitrogens with zero attached hydrogens (tertiary/aromatic N) is 2. The highest BCUT2D eigenvalue weighted by Gasteiger charge is 2.17. The molecule has 4 N–H and O–H groups in total. The summed E-state index contributed by atoms with van der Waals surface area (Å²) in [5.41, 5.74) is 8.32. The number of fused-ring (bicyclic) bond motifs is 1. The standard InChI is InChI=1S/C23H29N5O3/c1-14(2)31-10-8-19(24)22(29)27-21-12-16(20-7-9-26-23(25-3)28-20)11-15-5-6-17(30-4)13-18(15)21/h5-7,9,11-14,19H,8,10,24H2,1-4H3,(H,27,29)(H,25,26,28). The van der Waals surface area contributed by atoms with E-state index in [1.165, 1.54) is 0 Å². The first kappa shape index (κ1) is 22.5. The second-order valence-corrected chi connectivity index (χ2v) is 7.43. The third-order valence-electron chi connectivity index (χ3n) is 4.81. The van der Waals surface area contributed by atoms with Gasteiger partial charge in [-0.1, -0.05) is 6.07 Å². The van der Waals surface area contributed by atoms with Crippen LogP contribution < -0.4 is 21.1 Å². The Bertz CT molecular complexity index is 1050. The van der Waals surface area contributed by atoms with E-state index in [4.69, 9.17) is 15.2 Å². The summed E-state index contributed by atoms with van der Waals surface area (Å²) in [4.78, 5) is 21.5. The van der Waals surface area contributed by atoms with Gasteiger partial charge >= 0.3 is 0 Å². The topological polar surface area (TPSA) is 111 Å². The first-order valence-electron chi connectivity index (χ1n) is 10.2. The molecule has 1 aromatic heterocycles. The third-order valence-corrected chi connectivity index (χ3v) is 4.81. The largest absolute Gasteiger partial charge is 0.497 e. The molecule has 164 valence electrons. The Labute approximate surface area is 182 Å². The summed E-state index contributed by atoms with van der Waals surface area (Å²) < 4.78 is 10.9. The van der Waals surface area contributed by atoms with Gasteiger partial charge in [-0.2, -0.15) is 0 Å². The number of benzene rings is 2. The summed E-state index contributed by atoms with van der Waals surface area (Å²) in [6, 6.07) is 10.8. The Morgan fingerprint density at radius 3 is 2.71 bits per heavy atom. The monoisotopic (exact) mass is 423 g/mol. The Morgan fingerprint density at radius 1 is 1.19 bits per heavy atom. The molecule has 31 heavy (non-hydrogen) atoms. The number of aromatic nitrogens is 2. The summed E-state index contributed by atoms with van der Waals surface area (Å²) in [6.07, 6.45) is 2.22. The normalized spacial score (nSPS) is 12.1. The van der Waals surface area contributed by atoms with E-state index in [0.717, 1.165) is 22.0 Å². The van der Waals surface area contributed by atoms with Crippen molar-refractivity contribution in [2.45, 2.75) is 32.4 Å². The Morgan fingerprint density at radius 2 is 2.00 bits per heavy atom. The van der Waals surface area contributed by atoms with Gasteiger partial charge in [-0.3, -0.25) is 4.79 Å². The van der Waals surface area contributed by atoms with Gasteiger partial charge in [-0.25, -0.2) is 9.97 Å². The summed E-state index contributed by atoms with van der Waals surface area (Å²) in [6.45, 7) is 4.32. The summed E-state index contributed by atoms with van der Waals surface area (Å²) in [5.74, 6) is 0.946. The number of methoxy groups -OCH3 is 1. The van der Waals surface area contributed by atoms with Crippen LogP contribution in [0.5, 0.6) is 5.75 Å². The van der Waals surface area contributed by atoms with E-state index < -0.39 is 6.04 Å². The zero-order valence-corrected chi connectivity index (χ0v) is 18.3. The lowest BCUT2D eigenvalue weighted by molar-refractivity contribution is -0.117. The van der Waals surface area contributed by atoms with E-state index in [-0.39, 0.29) is 12.0 Å². The van der Waals surface area contributed by atoms with Crippen LogP contribution in [0, 0.1) is 0 Å². The van der Waals surface area contributed by atoms with Gasteiger partial charge < -0.3 is 25.8 Å². The molecule has 8 heteroatoms. The molecule has 0 aliphatic rings. The molecule has 0 fully saturated rings. The fourth-order valence-electron chi connectivity index (χ4n) is 3.14. The van der Waals surface area contributed by atoms with Gasteiger partial charge in [0, 0.05) is 36.5 Å². The molecular weight excluding hydrogens is 394 g/mol. The maximum atomic E-state index is 12.8. The van der Waals surface area contributed by atoms with Crippen LogP contribution in [0.2, 0.25) is 0 Å². The fourth-order valence-corrected chi connectivity index (χ4v) is 3.14. The number of carbonyl (C=O) groups is 1. The second kappa shape index (κ2) is 10.2. The van der Waals surface area contributed by atoms with Crippen molar-refractivity contribution in [2.24, 2.45) is 5.73 Å². The van der Waals surface area contributed by atoms with E-state index in [2.05, 4.69) is 20.6 Å². The fraction of sp³-hybridized carbons (Fsp3) is 0.348. The van der Waals surface area contributed by atoms with Crippen LogP contribution in [0.25, 0.3) is 22.0 Å². The van der Waals surface area contributed by atoms with Gasteiger partial charge in [0.05, 0.1) is 24.9 Å². The van der Waals surface area contributed by atoms with Crippen LogP contribution in [-0.4, -0.2) is 48.8 Å². The van der Waals surface area contributed by atoms with Crippen molar-refractivity contribution in [2.75, 3.05) is 31.4 Å². The van der Waals surface area contributed by atoms with E-state index in [1.807, 2.05) is 50.2 Å². The van der Waals surface area contributed by atoms with Crippen LogP contribution in [0.3, 0.4) is 0 Å². The highest BCUT2D eigenvalue weighted by molar-refractivity contribution is 6.06. The number of rotatable bonds is 9. The number of nitrogens with two attached hydrogens (primary N) is 1. The molecule has 0 aliphatic heterocycles. The molecule has 0 saturated heterocycles. The lowest BCUT2D eigenvalue weighted by Gasteiger charge is -2.16. The molecule has 8 nitrogen and oxygen atoms in total. The lowest BCUT2D eigenvalue weighted by atomic mass is 10.0. The Kier molecular flexibility index (Phi) is 7.38. The number of hydrogen-bond acceptors (Lipinski definition) is 7. The van der Waals surface area contributed by atoms with Crippen LogP contribution in [0.1, 0.15) is 20.3 Å². The van der Waals surface area contributed by atoms with Crippen molar-refractivity contribution in [3.63, 3.8) is 0 Å². The molecule has 1 atom stereocenters. The Hall–Kier alpha value is -3.23. The number of ether oxygens (including phenoxy) is 2. The van der Waals surface area contributed by atoms with Crippen molar-refractivity contribution in [3.8, 4) is 17.0 Å². The number of amides is 1. The molecule has 0 aliphatic carbocycles. The summed E-state index contributed by atoms with van der Waals surface area (Å²) >= 11 is 0. The minimum atomic E-state index is -0.682. The van der Waals surface area contributed by atoms with Gasteiger partial charge in [0.1, 0.15) is 5.75 Å². The van der Waals surface area contributed by atoms with Crippen LogP contribution >= 0.6 is 0 Å². The van der Waals surface area contributed by atoms with E-state index in [0.29, 0.717) is 30.4 Å². The minimum Gasteiger partial charge on any atom is -0.497 e. The predicted octanol–water partition coefficient (Wildman–Crippen LogP) is 3.43. The maximum absolute atomic E-state index is 12.8. The van der Waals surface area contributed by atoms with Gasteiger partial charge in [-0.05, 0) is 56.0 Å². The zero-order chi connectivity index (χ0) is 22.4. The maximum Gasteiger partial charge on any atom is 0.241 e. The molecule has 1 unspecified atom stereocenters. The zero-order valence-electron chi connectivity index (χ0n) is 18.3. The quantitative estimate of drug-likeness (QED) is 0.483. The first-order chi connectivity index (χ1) is 14.9. The number of carbonyl (C=O) groups excluding carboxylic acids is 1. The summed E-state index contributed by atoms with van der Waals surface area (Å²) in [5, 5.41) is 7.71. The van der Waals surface area contributed by atoms with Crippen molar-refractivity contribution < 1.29 is 14.3 Å². The molecule has 3 rings (SSSR count). The molecular formula is C23H29N5O3. The van der Waals surface area contributed by atoms with Crippen molar-refractivity contribution in [1.29, 1.82) is 0 Å². The highest BCUT2D eigenvalue weighted by atomic mass is 16.5. The Balaban J connectivity index is 1.96. The second-order valence-electron chi connectivity index (χ2n) is 7.43. The van der Waals surface area contributed by atoms with Crippen molar-refractivity contribution >= 4 is 28.3 Å². The van der Waals surface area contributed by atoms with Gasteiger partial charge in [0.2, 0.25) is 11.9 Å². The molecule has 1 heterocycles. The third kappa shape index (κ3) is 5.68. The average Bonchev–Trinajstić information content (AvgIpc) is 2.78. The van der Waals surface area contributed by atoms with Gasteiger partial charge in [-0.15, -0.1) is 0 Å². The molecule has 0 spiro atoms. The smallest absolute Gasteiger partial charge is 0.241 e. The van der Waals surface area contributed by atoms with Crippen molar-refractivity contribution in [1.82, 2.24) is 9.97 Å². The first-order valence-corrected chi connectivity index (χ1v) is 10.2. The van der Waals surface area contributed by atoms with Crippen molar-refractivity contribution in [3.05, 3.63) is 42.6 Å². The summed E-state index contributed by atoms with van der Waals surface area (Å²) in [7, 11) is 3.38. The lowest BCUT2D eigenvalue weighted by Crippen LogP contribution is -2.36. The average molecular weight is 424 g/mol. The number of anilines is 2. The molecule has 0 bridgehead atoms. The predicted molar refractivity (Wildman–Crippen MR) is 123 cm³/mol. The molecule has 0 saturated carbocycles. The van der Waals surface area contributed by atoms with E-state index >= 15 is 0 Å². The van der Waals surface area contributed by atoms with E-state index in [1.54, 1.807) is 20.4 Å². The SMILES string of the molecule is CNc1nccc(-c2cc(NC(=O)C(N)CCOC(C)C)c3cc(OC)ccc3c2)n1. The highest BCUT2D eigenvalue weighted by Crippen LogP contribution is 2.33. The minimum absolute atomic E-state index is 0.0960. The molecule has 3 aromatic rings.